The van der Waals surface area contributed by atoms with Crippen LogP contribution in [0.1, 0.15) is 48.7 Å². The van der Waals surface area contributed by atoms with E-state index in [0.29, 0.717) is 30.5 Å². The average molecular weight is 357 g/mol. The van der Waals surface area contributed by atoms with Gasteiger partial charge in [-0.15, -0.1) is 0 Å². The summed E-state index contributed by atoms with van der Waals surface area (Å²) in [6.07, 6.45) is 3.19. The topological polar surface area (TPSA) is 80.0 Å². The Morgan fingerprint density at radius 3 is 2.54 bits per heavy atom. The second-order valence-corrected chi connectivity index (χ2v) is 7.03. The van der Waals surface area contributed by atoms with E-state index in [-0.39, 0.29) is 5.91 Å². The first-order valence-electron chi connectivity index (χ1n) is 8.72. The maximum Gasteiger partial charge on any atom is 0.347 e. The normalized spacial score (nSPS) is 15.7. The molecule has 1 aromatic heterocycles. The molecule has 2 aromatic rings. The summed E-state index contributed by atoms with van der Waals surface area (Å²) in [5, 5.41) is 9.21. The number of likely N-dealkylation sites (tertiary alicyclic amines) is 1. The Balaban J connectivity index is 1.64. The lowest BCUT2D eigenvalue weighted by Gasteiger charge is -2.32. The minimum atomic E-state index is -1.28. The molecule has 0 atom stereocenters. The van der Waals surface area contributed by atoms with Crippen molar-refractivity contribution in [1.29, 1.82) is 0 Å². The number of carboxylic acids is 1. The average Bonchev–Trinajstić information content (AvgIpc) is 3.15. The number of furan rings is 1. The van der Waals surface area contributed by atoms with Crippen molar-refractivity contribution < 1.29 is 23.8 Å². The van der Waals surface area contributed by atoms with Crippen molar-refractivity contribution in [3.8, 4) is 5.75 Å². The number of amides is 1. The Hall–Kier alpha value is -2.76. The molecule has 1 aromatic carbocycles. The van der Waals surface area contributed by atoms with Crippen LogP contribution in [0, 0.1) is 0 Å². The first-order chi connectivity index (χ1) is 12.4. The summed E-state index contributed by atoms with van der Waals surface area (Å²) < 4.78 is 10.8. The highest BCUT2D eigenvalue weighted by molar-refractivity contribution is 5.91. The van der Waals surface area contributed by atoms with Gasteiger partial charge in [-0.3, -0.25) is 4.79 Å². The molecule has 2 heterocycles. The number of hydrogen-bond acceptors (Lipinski definition) is 4. The number of rotatable bonds is 5. The number of ether oxygens (including phenoxy) is 1. The van der Waals surface area contributed by atoms with Gasteiger partial charge in [-0.2, -0.15) is 0 Å². The summed E-state index contributed by atoms with van der Waals surface area (Å²) in [6.45, 7) is 4.38. The minimum absolute atomic E-state index is 0.0752. The molecule has 1 saturated heterocycles. The monoisotopic (exact) mass is 357 g/mol. The Bertz CT molecular complexity index is 773. The molecule has 6 heteroatoms. The van der Waals surface area contributed by atoms with E-state index in [1.807, 2.05) is 23.1 Å². The van der Waals surface area contributed by atoms with Gasteiger partial charge in [0.25, 0.3) is 5.91 Å². The molecule has 138 valence electrons. The molecule has 1 N–H and O–H groups in total. The molecule has 0 aliphatic carbocycles. The van der Waals surface area contributed by atoms with Gasteiger partial charge in [-0.25, -0.2) is 4.79 Å². The number of nitrogens with zero attached hydrogens (tertiary/aromatic N) is 1. The van der Waals surface area contributed by atoms with Gasteiger partial charge in [-0.1, -0.05) is 12.1 Å². The number of carboxylic acid groups (broad SMARTS) is 1. The predicted molar refractivity (Wildman–Crippen MR) is 95.4 cm³/mol. The van der Waals surface area contributed by atoms with Crippen LogP contribution in [0.5, 0.6) is 5.75 Å². The Labute approximate surface area is 152 Å². The number of benzene rings is 1. The van der Waals surface area contributed by atoms with Gasteiger partial charge in [0.2, 0.25) is 0 Å². The number of aliphatic carboxylic acids is 1. The molecule has 0 unspecified atom stereocenters. The first-order valence-corrected chi connectivity index (χ1v) is 8.72. The molecule has 1 aliphatic heterocycles. The van der Waals surface area contributed by atoms with E-state index in [1.165, 1.54) is 20.1 Å². The van der Waals surface area contributed by atoms with Gasteiger partial charge in [0.15, 0.2) is 11.4 Å². The quantitative estimate of drug-likeness (QED) is 0.885. The van der Waals surface area contributed by atoms with Gasteiger partial charge in [0.05, 0.1) is 6.26 Å². The van der Waals surface area contributed by atoms with Crippen LogP contribution in [0.4, 0.5) is 0 Å². The Morgan fingerprint density at radius 1 is 1.19 bits per heavy atom. The molecule has 1 aliphatic rings. The van der Waals surface area contributed by atoms with E-state index in [4.69, 9.17) is 9.15 Å². The van der Waals surface area contributed by atoms with Crippen LogP contribution in [0.3, 0.4) is 0 Å². The minimum Gasteiger partial charge on any atom is -0.478 e. The summed E-state index contributed by atoms with van der Waals surface area (Å²) in [6, 6.07) is 11.0. The van der Waals surface area contributed by atoms with Crippen LogP contribution < -0.4 is 4.74 Å². The van der Waals surface area contributed by atoms with Crippen molar-refractivity contribution in [2.45, 2.75) is 38.2 Å². The Morgan fingerprint density at radius 2 is 1.92 bits per heavy atom. The van der Waals surface area contributed by atoms with Gasteiger partial charge in [-0.05, 0) is 62.4 Å². The number of carbonyl (C=O) groups excluding carboxylic acids is 1. The molecular weight excluding hydrogens is 334 g/mol. The third kappa shape index (κ3) is 3.90. The number of piperidine rings is 1. The third-order valence-corrected chi connectivity index (χ3v) is 4.73. The molecule has 0 saturated carbocycles. The highest BCUT2D eigenvalue weighted by Crippen LogP contribution is 2.31. The standard InChI is InChI=1S/C20H23NO5/c1-20(2,19(23)24)26-16-6-3-5-15(13-16)14-8-10-21(11-9-14)18(22)17-7-4-12-25-17/h3-7,12-14H,8-11H2,1-2H3,(H,23,24). The van der Waals surface area contributed by atoms with Gasteiger partial charge >= 0.3 is 5.97 Å². The fraction of sp³-hybridized carbons (Fsp3) is 0.400. The van der Waals surface area contributed by atoms with Crippen LogP contribution in [-0.2, 0) is 4.79 Å². The summed E-state index contributed by atoms with van der Waals surface area (Å²) in [4.78, 5) is 25.4. The molecule has 0 bridgehead atoms. The summed E-state index contributed by atoms with van der Waals surface area (Å²) >= 11 is 0. The highest BCUT2D eigenvalue weighted by atomic mass is 16.5. The van der Waals surface area contributed by atoms with E-state index in [0.717, 1.165) is 18.4 Å². The largest absolute Gasteiger partial charge is 0.478 e. The molecule has 1 amide bonds. The zero-order valence-corrected chi connectivity index (χ0v) is 15.0. The van der Waals surface area contributed by atoms with E-state index < -0.39 is 11.6 Å². The predicted octanol–water partition coefficient (Wildman–Crippen LogP) is 3.54. The van der Waals surface area contributed by atoms with Crippen LogP contribution >= 0.6 is 0 Å². The van der Waals surface area contributed by atoms with Crippen molar-refractivity contribution in [2.75, 3.05) is 13.1 Å². The van der Waals surface area contributed by atoms with Crippen molar-refractivity contribution >= 4 is 11.9 Å². The Kier molecular flexibility index (Phi) is 5.02. The third-order valence-electron chi connectivity index (χ3n) is 4.73. The lowest BCUT2D eigenvalue weighted by molar-refractivity contribution is -0.152. The zero-order valence-electron chi connectivity index (χ0n) is 15.0. The molecule has 0 spiro atoms. The molecule has 0 radical (unpaired) electrons. The van der Waals surface area contributed by atoms with Gasteiger partial charge in [0.1, 0.15) is 5.75 Å². The maximum absolute atomic E-state index is 12.3. The van der Waals surface area contributed by atoms with Crippen molar-refractivity contribution in [2.24, 2.45) is 0 Å². The lowest BCUT2D eigenvalue weighted by Crippen LogP contribution is -2.38. The highest BCUT2D eigenvalue weighted by Gasteiger charge is 2.30. The van der Waals surface area contributed by atoms with Crippen LogP contribution in [0.15, 0.2) is 47.1 Å². The molecule has 6 nitrogen and oxygen atoms in total. The summed E-state index contributed by atoms with van der Waals surface area (Å²) in [5.74, 6) is 0.146. The SMILES string of the molecule is CC(C)(Oc1cccc(C2CCN(C(=O)c3ccco3)CC2)c1)C(=O)O. The summed E-state index contributed by atoms with van der Waals surface area (Å²) in [5.41, 5.74) is -0.175. The van der Waals surface area contributed by atoms with Crippen molar-refractivity contribution in [3.05, 3.63) is 54.0 Å². The van der Waals surface area contributed by atoms with E-state index in [2.05, 4.69) is 0 Å². The maximum atomic E-state index is 12.3. The number of hydrogen-bond donors (Lipinski definition) is 1. The van der Waals surface area contributed by atoms with Crippen LogP contribution in [0.2, 0.25) is 0 Å². The fourth-order valence-corrected chi connectivity index (χ4v) is 3.14. The van der Waals surface area contributed by atoms with Crippen molar-refractivity contribution in [1.82, 2.24) is 4.90 Å². The molecule has 26 heavy (non-hydrogen) atoms. The van der Waals surface area contributed by atoms with E-state index in [1.54, 1.807) is 18.2 Å². The fourth-order valence-electron chi connectivity index (χ4n) is 3.14. The lowest BCUT2D eigenvalue weighted by atomic mass is 9.89. The molecule has 1 fully saturated rings. The molecular formula is C20H23NO5. The van der Waals surface area contributed by atoms with E-state index in [9.17, 15) is 14.7 Å². The number of carbonyl (C=O) groups is 2. The van der Waals surface area contributed by atoms with Crippen molar-refractivity contribution in [3.63, 3.8) is 0 Å². The smallest absolute Gasteiger partial charge is 0.347 e. The zero-order chi connectivity index (χ0) is 18.7. The van der Waals surface area contributed by atoms with Crippen LogP contribution in [-0.4, -0.2) is 40.6 Å². The summed E-state index contributed by atoms with van der Waals surface area (Å²) in [7, 11) is 0. The molecule has 3 rings (SSSR count). The van der Waals surface area contributed by atoms with Gasteiger partial charge < -0.3 is 19.2 Å². The first kappa shape index (κ1) is 18.0. The second kappa shape index (κ2) is 7.23. The van der Waals surface area contributed by atoms with E-state index >= 15 is 0 Å². The van der Waals surface area contributed by atoms with Gasteiger partial charge in [0, 0.05) is 13.1 Å². The second-order valence-electron chi connectivity index (χ2n) is 7.03. The van der Waals surface area contributed by atoms with Crippen LogP contribution in [0.25, 0.3) is 0 Å².